The van der Waals surface area contributed by atoms with Crippen molar-refractivity contribution in [3.05, 3.63) is 47.8 Å². The molecule has 1 aromatic rings. The molecule has 1 saturated heterocycles. The predicted octanol–water partition coefficient (Wildman–Crippen LogP) is 3.08. The number of hydrogen-bond donors (Lipinski definition) is 1. The summed E-state index contributed by atoms with van der Waals surface area (Å²) in [6.07, 6.45) is 1.56. The Bertz CT molecular complexity index is 451. The summed E-state index contributed by atoms with van der Waals surface area (Å²) in [5.74, 6) is -2.94. The lowest BCUT2D eigenvalue weighted by Gasteiger charge is -2.33. The molecule has 0 aromatic heterocycles. The average Bonchev–Trinajstić information content (AvgIpc) is 2.38. The molecule has 1 aliphatic rings. The number of rotatable bonds is 3. The Kier molecular flexibility index (Phi) is 8.20. The Labute approximate surface area is 128 Å². The summed E-state index contributed by atoms with van der Waals surface area (Å²) < 4.78 is 39.8. The van der Waals surface area contributed by atoms with E-state index in [0.29, 0.717) is 6.07 Å². The monoisotopic (exact) mass is 328 g/mol. The molecule has 0 saturated carbocycles. The van der Waals surface area contributed by atoms with Gasteiger partial charge in [-0.25, -0.2) is 13.2 Å². The third-order valence-electron chi connectivity index (χ3n) is 3.13. The van der Waals surface area contributed by atoms with E-state index in [1.807, 2.05) is 4.90 Å². The van der Waals surface area contributed by atoms with Crippen LogP contribution < -0.4 is 5.32 Å². The van der Waals surface area contributed by atoms with Gasteiger partial charge in [-0.15, -0.1) is 31.4 Å². The standard InChI is InChI=1S/C13H15F3N2.2ClH/c1-2-13(18-5-3-17-4-6-18)9-7-11(15)12(16)8-10(9)14;;/h2,7-8,13,17H,1,3-6H2;2*1H/t13-;;/m1../s1. The molecule has 114 valence electrons. The fourth-order valence-corrected chi connectivity index (χ4v) is 2.20. The van der Waals surface area contributed by atoms with Crippen LogP contribution in [0, 0.1) is 17.5 Å². The minimum Gasteiger partial charge on any atom is -0.314 e. The molecule has 0 unspecified atom stereocenters. The summed E-state index contributed by atoms with van der Waals surface area (Å²) >= 11 is 0. The Morgan fingerprint density at radius 3 is 2.15 bits per heavy atom. The SMILES string of the molecule is C=C[C@H](c1cc(F)c(F)cc1F)N1CCNCC1.Cl.Cl. The van der Waals surface area contributed by atoms with E-state index in [4.69, 9.17) is 0 Å². The van der Waals surface area contributed by atoms with Gasteiger partial charge in [0.05, 0.1) is 6.04 Å². The molecule has 2 rings (SSSR count). The van der Waals surface area contributed by atoms with Crippen LogP contribution in [-0.2, 0) is 0 Å². The van der Waals surface area contributed by atoms with E-state index in [1.54, 1.807) is 6.08 Å². The average molecular weight is 329 g/mol. The number of nitrogens with one attached hydrogen (secondary N) is 1. The lowest BCUT2D eigenvalue weighted by molar-refractivity contribution is 0.200. The van der Waals surface area contributed by atoms with Crippen LogP contribution in [0.2, 0.25) is 0 Å². The van der Waals surface area contributed by atoms with Crippen LogP contribution in [0.1, 0.15) is 11.6 Å². The van der Waals surface area contributed by atoms with Crippen molar-refractivity contribution in [2.45, 2.75) is 6.04 Å². The van der Waals surface area contributed by atoms with Gasteiger partial charge in [0, 0.05) is 37.8 Å². The highest BCUT2D eigenvalue weighted by Gasteiger charge is 2.23. The van der Waals surface area contributed by atoms with E-state index in [0.717, 1.165) is 32.2 Å². The van der Waals surface area contributed by atoms with Gasteiger partial charge in [0.2, 0.25) is 0 Å². The quantitative estimate of drug-likeness (QED) is 0.677. The van der Waals surface area contributed by atoms with Crippen LogP contribution in [0.25, 0.3) is 0 Å². The van der Waals surface area contributed by atoms with E-state index >= 15 is 0 Å². The van der Waals surface area contributed by atoms with Crippen LogP contribution >= 0.6 is 24.8 Å². The highest BCUT2D eigenvalue weighted by atomic mass is 35.5. The highest BCUT2D eigenvalue weighted by Crippen LogP contribution is 2.26. The molecule has 0 amide bonds. The first kappa shape index (κ1) is 19.2. The molecular weight excluding hydrogens is 312 g/mol. The Morgan fingerprint density at radius 2 is 1.60 bits per heavy atom. The van der Waals surface area contributed by atoms with Crippen molar-refractivity contribution in [2.75, 3.05) is 26.2 Å². The van der Waals surface area contributed by atoms with E-state index < -0.39 is 23.5 Å². The van der Waals surface area contributed by atoms with Crippen LogP contribution in [0.4, 0.5) is 13.2 Å². The molecule has 0 radical (unpaired) electrons. The van der Waals surface area contributed by atoms with E-state index in [-0.39, 0.29) is 30.4 Å². The molecule has 7 heteroatoms. The van der Waals surface area contributed by atoms with Gasteiger partial charge >= 0.3 is 0 Å². The zero-order chi connectivity index (χ0) is 13.1. The molecular formula is C13H17Cl2F3N2. The normalized spacial score (nSPS) is 16.8. The second kappa shape index (κ2) is 8.52. The predicted molar refractivity (Wildman–Crippen MR) is 78.2 cm³/mol. The molecule has 0 aliphatic carbocycles. The topological polar surface area (TPSA) is 15.3 Å². The van der Waals surface area contributed by atoms with Crippen molar-refractivity contribution in [3.8, 4) is 0 Å². The first-order valence-electron chi connectivity index (χ1n) is 5.85. The summed E-state index contributed by atoms with van der Waals surface area (Å²) in [6.45, 7) is 6.67. The summed E-state index contributed by atoms with van der Waals surface area (Å²) in [7, 11) is 0. The van der Waals surface area contributed by atoms with Crippen molar-refractivity contribution in [2.24, 2.45) is 0 Å². The molecule has 1 heterocycles. The Morgan fingerprint density at radius 1 is 1.05 bits per heavy atom. The first-order valence-corrected chi connectivity index (χ1v) is 5.85. The number of nitrogens with zero attached hydrogens (tertiary/aromatic N) is 1. The number of piperazine rings is 1. The molecule has 0 spiro atoms. The van der Waals surface area contributed by atoms with Crippen LogP contribution in [0.15, 0.2) is 24.8 Å². The van der Waals surface area contributed by atoms with Crippen molar-refractivity contribution in [1.82, 2.24) is 10.2 Å². The van der Waals surface area contributed by atoms with Gasteiger partial charge in [0.25, 0.3) is 0 Å². The molecule has 1 N–H and O–H groups in total. The maximum Gasteiger partial charge on any atom is 0.161 e. The third kappa shape index (κ3) is 4.12. The Hall–Kier alpha value is -0.750. The Balaban J connectivity index is 0.00000180. The van der Waals surface area contributed by atoms with Gasteiger partial charge in [-0.05, 0) is 6.07 Å². The van der Waals surface area contributed by atoms with Gasteiger partial charge in [0.1, 0.15) is 5.82 Å². The first-order chi connectivity index (χ1) is 8.63. The van der Waals surface area contributed by atoms with Crippen molar-refractivity contribution < 1.29 is 13.2 Å². The summed E-state index contributed by atoms with van der Waals surface area (Å²) in [5, 5.41) is 3.18. The largest absolute Gasteiger partial charge is 0.314 e. The molecule has 1 atom stereocenters. The van der Waals surface area contributed by atoms with Crippen LogP contribution in [0.3, 0.4) is 0 Å². The summed E-state index contributed by atoms with van der Waals surface area (Å²) in [5.41, 5.74) is 0.130. The lowest BCUT2D eigenvalue weighted by atomic mass is 10.0. The molecule has 20 heavy (non-hydrogen) atoms. The molecule has 2 nitrogen and oxygen atoms in total. The van der Waals surface area contributed by atoms with E-state index in [1.165, 1.54) is 0 Å². The minimum absolute atomic E-state index is 0. The van der Waals surface area contributed by atoms with Gasteiger partial charge in [-0.2, -0.15) is 0 Å². The van der Waals surface area contributed by atoms with E-state index in [9.17, 15) is 13.2 Å². The van der Waals surface area contributed by atoms with Crippen LogP contribution in [0.5, 0.6) is 0 Å². The number of benzene rings is 1. The summed E-state index contributed by atoms with van der Waals surface area (Å²) in [4.78, 5) is 1.99. The van der Waals surface area contributed by atoms with Gasteiger partial charge < -0.3 is 5.32 Å². The van der Waals surface area contributed by atoms with E-state index in [2.05, 4.69) is 11.9 Å². The maximum absolute atomic E-state index is 13.7. The minimum atomic E-state index is -1.17. The fourth-order valence-electron chi connectivity index (χ4n) is 2.20. The second-order valence-corrected chi connectivity index (χ2v) is 4.25. The van der Waals surface area contributed by atoms with Gasteiger partial charge in [-0.3, -0.25) is 4.90 Å². The second-order valence-electron chi connectivity index (χ2n) is 4.25. The third-order valence-corrected chi connectivity index (χ3v) is 3.13. The van der Waals surface area contributed by atoms with Gasteiger partial charge in [0.15, 0.2) is 11.6 Å². The van der Waals surface area contributed by atoms with Crippen molar-refractivity contribution >= 4 is 24.8 Å². The maximum atomic E-state index is 13.7. The molecule has 1 aromatic carbocycles. The van der Waals surface area contributed by atoms with Gasteiger partial charge in [-0.1, -0.05) is 6.08 Å². The van der Waals surface area contributed by atoms with Crippen molar-refractivity contribution in [3.63, 3.8) is 0 Å². The lowest BCUT2D eigenvalue weighted by Crippen LogP contribution is -2.44. The van der Waals surface area contributed by atoms with Crippen LogP contribution in [-0.4, -0.2) is 31.1 Å². The summed E-state index contributed by atoms with van der Waals surface area (Å²) in [6, 6.07) is 1.07. The fraction of sp³-hybridized carbons (Fsp3) is 0.385. The zero-order valence-electron chi connectivity index (χ0n) is 10.7. The number of halogens is 5. The smallest absolute Gasteiger partial charge is 0.161 e. The van der Waals surface area contributed by atoms with Crippen molar-refractivity contribution in [1.29, 1.82) is 0 Å². The molecule has 1 fully saturated rings. The molecule has 1 aliphatic heterocycles. The number of hydrogen-bond acceptors (Lipinski definition) is 2. The molecule has 0 bridgehead atoms. The highest BCUT2D eigenvalue weighted by molar-refractivity contribution is 5.85. The zero-order valence-corrected chi connectivity index (χ0v) is 12.4.